The largest absolute Gasteiger partial charge is 0.340 e. The molecule has 0 aliphatic carbocycles. The Morgan fingerprint density at radius 1 is 1.50 bits per heavy atom. The zero-order valence-electron chi connectivity index (χ0n) is 8.87. The van der Waals surface area contributed by atoms with Crippen LogP contribution in [0.3, 0.4) is 0 Å². The molecular weight excluding hydrogens is 200 g/mol. The third kappa shape index (κ3) is 3.46. The number of hydrogen-bond acceptors (Lipinski definition) is 2. The Morgan fingerprint density at radius 2 is 2.21 bits per heavy atom. The van der Waals surface area contributed by atoms with Crippen molar-refractivity contribution < 1.29 is 4.79 Å². The summed E-state index contributed by atoms with van der Waals surface area (Å²) >= 11 is 0. The number of piperidine rings is 1. The van der Waals surface area contributed by atoms with Crippen molar-refractivity contribution >= 4 is 18.3 Å². The second-order valence-electron chi connectivity index (χ2n) is 3.68. The molecule has 0 radical (unpaired) electrons. The number of likely N-dealkylation sites (tertiary alicyclic amines) is 1. The lowest BCUT2D eigenvalue weighted by molar-refractivity contribution is -0.134. The molecular formula is C10H21ClN2O. The fourth-order valence-electron chi connectivity index (χ4n) is 2.02. The molecule has 0 aromatic carbocycles. The zero-order chi connectivity index (χ0) is 9.68. The summed E-state index contributed by atoms with van der Waals surface area (Å²) < 4.78 is 0. The highest BCUT2D eigenvalue weighted by atomic mass is 35.5. The van der Waals surface area contributed by atoms with Crippen LogP contribution in [0.1, 0.15) is 39.0 Å². The molecule has 0 bridgehead atoms. The van der Waals surface area contributed by atoms with E-state index in [1.807, 2.05) is 4.90 Å². The lowest BCUT2D eigenvalue weighted by atomic mass is 9.99. The van der Waals surface area contributed by atoms with Crippen molar-refractivity contribution in [1.82, 2.24) is 4.90 Å². The topological polar surface area (TPSA) is 46.3 Å². The zero-order valence-corrected chi connectivity index (χ0v) is 9.68. The van der Waals surface area contributed by atoms with Gasteiger partial charge in [-0.15, -0.1) is 12.4 Å². The van der Waals surface area contributed by atoms with E-state index in [9.17, 15) is 4.79 Å². The highest BCUT2D eigenvalue weighted by molar-refractivity contribution is 5.85. The lowest BCUT2D eigenvalue weighted by Crippen LogP contribution is -2.43. The Hall–Kier alpha value is -0.280. The first kappa shape index (κ1) is 13.7. The molecule has 0 saturated carbocycles. The molecule has 0 aromatic heterocycles. The minimum absolute atomic E-state index is 0. The summed E-state index contributed by atoms with van der Waals surface area (Å²) in [5.41, 5.74) is 5.38. The second kappa shape index (κ2) is 7.07. The number of nitrogens with zero attached hydrogens (tertiary/aromatic N) is 1. The molecule has 1 fully saturated rings. The third-order valence-corrected chi connectivity index (χ3v) is 2.78. The van der Waals surface area contributed by atoms with E-state index in [1.54, 1.807) is 0 Å². The number of rotatable bonds is 3. The molecule has 1 aliphatic rings. The molecule has 1 aliphatic heterocycles. The van der Waals surface area contributed by atoms with Crippen molar-refractivity contribution in [1.29, 1.82) is 0 Å². The molecule has 2 N–H and O–H groups in total. The Balaban J connectivity index is 0.00000169. The van der Waals surface area contributed by atoms with Gasteiger partial charge in [0.05, 0.1) is 0 Å². The van der Waals surface area contributed by atoms with Gasteiger partial charge >= 0.3 is 0 Å². The van der Waals surface area contributed by atoms with Gasteiger partial charge in [0.25, 0.3) is 0 Å². The van der Waals surface area contributed by atoms with Crippen molar-refractivity contribution in [2.45, 2.75) is 45.1 Å². The Bertz CT molecular complexity index is 176. The van der Waals surface area contributed by atoms with E-state index in [1.165, 1.54) is 12.8 Å². The van der Waals surface area contributed by atoms with Crippen LogP contribution in [0.15, 0.2) is 0 Å². The van der Waals surface area contributed by atoms with Crippen LogP contribution >= 0.6 is 12.4 Å². The van der Waals surface area contributed by atoms with E-state index >= 15 is 0 Å². The Labute approximate surface area is 92.4 Å². The summed E-state index contributed by atoms with van der Waals surface area (Å²) in [7, 11) is 0. The number of amides is 1. The summed E-state index contributed by atoms with van der Waals surface area (Å²) in [5.74, 6) is 0.244. The number of carbonyl (C=O) groups is 1. The van der Waals surface area contributed by atoms with Gasteiger partial charge in [0.15, 0.2) is 0 Å². The van der Waals surface area contributed by atoms with Crippen LogP contribution in [-0.4, -0.2) is 29.9 Å². The maximum Gasteiger partial charge on any atom is 0.224 e. The summed E-state index contributed by atoms with van der Waals surface area (Å²) in [6.07, 6.45) is 5.19. The first-order chi connectivity index (χ1) is 6.29. The van der Waals surface area contributed by atoms with Crippen molar-refractivity contribution in [2.75, 3.05) is 13.1 Å². The van der Waals surface area contributed by atoms with Crippen LogP contribution in [-0.2, 0) is 4.79 Å². The van der Waals surface area contributed by atoms with Gasteiger partial charge in [0.2, 0.25) is 5.91 Å². The van der Waals surface area contributed by atoms with Crippen LogP contribution in [0, 0.1) is 0 Å². The first-order valence-electron chi connectivity index (χ1n) is 5.29. The van der Waals surface area contributed by atoms with Gasteiger partial charge in [-0.25, -0.2) is 0 Å². The summed E-state index contributed by atoms with van der Waals surface area (Å²) in [5, 5.41) is 0. The van der Waals surface area contributed by atoms with E-state index in [4.69, 9.17) is 5.73 Å². The smallest absolute Gasteiger partial charge is 0.224 e. The van der Waals surface area contributed by atoms with Crippen molar-refractivity contribution in [3.8, 4) is 0 Å². The van der Waals surface area contributed by atoms with E-state index in [0.29, 0.717) is 19.0 Å². The molecule has 1 amide bonds. The van der Waals surface area contributed by atoms with Crippen LogP contribution in [0.4, 0.5) is 0 Å². The minimum atomic E-state index is 0. The van der Waals surface area contributed by atoms with Gasteiger partial charge in [-0.1, -0.05) is 6.92 Å². The Kier molecular flexibility index (Phi) is 6.93. The molecule has 0 spiro atoms. The van der Waals surface area contributed by atoms with E-state index in [-0.39, 0.29) is 18.3 Å². The molecule has 3 nitrogen and oxygen atoms in total. The molecule has 14 heavy (non-hydrogen) atoms. The van der Waals surface area contributed by atoms with Crippen molar-refractivity contribution in [2.24, 2.45) is 5.73 Å². The predicted molar refractivity (Wildman–Crippen MR) is 60.6 cm³/mol. The SMILES string of the molecule is CCC1CCCCN1C(=O)CCN.Cl. The predicted octanol–water partition coefficient (Wildman–Crippen LogP) is 1.55. The maximum atomic E-state index is 11.6. The highest BCUT2D eigenvalue weighted by Gasteiger charge is 2.24. The van der Waals surface area contributed by atoms with E-state index in [0.717, 1.165) is 19.4 Å². The monoisotopic (exact) mass is 220 g/mol. The number of carbonyl (C=O) groups excluding carboxylic acids is 1. The molecule has 1 saturated heterocycles. The van der Waals surface area contributed by atoms with Crippen molar-refractivity contribution in [3.63, 3.8) is 0 Å². The molecule has 84 valence electrons. The molecule has 1 heterocycles. The third-order valence-electron chi connectivity index (χ3n) is 2.78. The maximum absolute atomic E-state index is 11.6. The van der Waals surface area contributed by atoms with Gasteiger partial charge in [0, 0.05) is 25.6 Å². The van der Waals surface area contributed by atoms with Crippen molar-refractivity contribution in [3.05, 3.63) is 0 Å². The number of hydrogen-bond donors (Lipinski definition) is 1. The summed E-state index contributed by atoms with van der Waals surface area (Å²) in [6, 6.07) is 0.479. The fraction of sp³-hybridized carbons (Fsp3) is 0.900. The normalized spacial score (nSPS) is 21.6. The summed E-state index contributed by atoms with van der Waals surface area (Å²) in [4.78, 5) is 13.6. The van der Waals surface area contributed by atoms with Gasteiger partial charge in [-0.2, -0.15) is 0 Å². The van der Waals surface area contributed by atoms with Crippen LogP contribution < -0.4 is 5.73 Å². The van der Waals surface area contributed by atoms with Gasteiger partial charge in [-0.05, 0) is 25.7 Å². The average molecular weight is 221 g/mol. The van der Waals surface area contributed by atoms with Crippen LogP contribution in [0.5, 0.6) is 0 Å². The Morgan fingerprint density at radius 3 is 2.79 bits per heavy atom. The number of nitrogens with two attached hydrogens (primary N) is 1. The lowest BCUT2D eigenvalue weighted by Gasteiger charge is -2.35. The van der Waals surface area contributed by atoms with Crippen LogP contribution in [0.2, 0.25) is 0 Å². The molecule has 1 unspecified atom stereocenters. The highest BCUT2D eigenvalue weighted by Crippen LogP contribution is 2.19. The van der Waals surface area contributed by atoms with E-state index < -0.39 is 0 Å². The van der Waals surface area contributed by atoms with Gasteiger partial charge < -0.3 is 10.6 Å². The summed E-state index contributed by atoms with van der Waals surface area (Å²) in [6.45, 7) is 3.57. The molecule has 4 heteroatoms. The molecule has 1 atom stereocenters. The fourth-order valence-corrected chi connectivity index (χ4v) is 2.02. The molecule has 1 rings (SSSR count). The van der Waals surface area contributed by atoms with Gasteiger partial charge in [-0.3, -0.25) is 4.79 Å². The second-order valence-corrected chi connectivity index (χ2v) is 3.68. The molecule has 0 aromatic rings. The quantitative estimate of drug-likeness (QED) is 0.785. The standard InChI is InChI=1S/C10H20N2O.ClH/c1-2-9-5-3-4-8-12(9)10(13)6-7-11;/h9H,2-8,11H2,1H3;1H. The first-order valence-corrected chi connectivity index (χ1v) is 5.29. The number of halogens is 1. The van der Waals surface area contributed by atoms with Gasteiger partial charge in [0.1, 0.15) is 0 Å². The minimum Gasteiger partial charge on any atom is -0.340 e. The van der Waals surface area contributed by atoms with E-state index in [2.05, 4.69) is 6.92 Å². The average Bonchev–Trinajstić information content (AvgIpc) is 2.18. The van der Waals surface area contributed by atoms with Crippen LogP contribution in [0.25, 0.3) is 0 Å².